The number of anilines is 1. The van der Waals surface area contributed by atoms with E-state index in [0.29, 0.717) is 10.6 Å². The van der Waals surface area contributed by atoms with Gasteiger partial charge in [-0.25, -0.2) is 0 Å². The summed E-state index contributed by atoms with van der Waals surface area (Å²) >= 11 is 2.74. The largest absolute Gasteiger partial charge is 0.452 e. The highest BCUT2D eigenvalue weighted by atomic mass is 32.2. The molecule has 0 fully saturated rings. The van der Waals surface area contributed by atoms with E-state index in [0.717, 1.165) is 34.6 Å². The molecular weight excluding hydrogens is 396 g/mol. The first kappa shape index (κ1) is 20.4. The number of primary amides is 1. The zero-order valence-electron chi connectivity index (χ0n) is 15.7. The number of thioether (sulfide) groups is 1. The van der Waals surface area contributed by atoms with Crippen LogP contribution in [0.2, 0.25) is 0 Å². The Bertz CT molecular complexity index is 895. The molecule has 3 rings (SSSR count). The topological polar surface area (TPSA) is 98.5 Å². The number of rotatable bonds is 7. The molecule has 3 N–H and O–H groups in total. The summed E-state index contributed by atoms with van der Waals surface area (Å²) in [6.45, 7) is 3.25. The Morgan fingerprint density at radius 2 is 1.89 bits per heavy atom. The number of esters is 1. The number of nitrogens with one attached hydrogen (secondary N) is 1. The Balaban J connectivity index is 1.60. The quantitative estimate of drug-likeness (QED) is 0.530. The lowest BCUT2D eigenvalue weighted by atomic mass is 10.1. The second kappa shape index (κ2) is 8.79. The number of aryl methyl sites for hydroxylation is 1. The van der Waals surface area contributed by atoms with Crippen molar-refractivity contribution in [3.05, 3.63) is 46.3 Å². The SMILES string of the molecule is C[C@@H](OC(=O)[C@@H](C)Sc1ccccc1)C(=O)Nc1sc2c(c1C(N)=O)CCC2. The maximum absolute atomic E-state index is 12.5. The number of carbonyl (C=O) groups is 3. The molecule has 148 valence electrons. The molecule has 1 aliphatic carbocycles. The van der Waals surface area contributed by atoms with Crippen LogP contribution in [0.3, 0.4) is 0 Å². The fourth-order valence-corrected chi connectivity index (χ4v) is 5.21. The van der Waals surface area contributed by atoms with Gasteiger partial charge >= 0.3 is 5.97 Å². The van der Waals surface area contributed by atoms with Gasteiger partial charge in [-0.15, -0.1) is 23.1 Å². The predicted molar refractivity (Wildman–Crippen MR) is 111 cm³/mol. The number of fused-ring (bicyclic) bond motifs is 1. The Morgan fingerprint density at radius 3 is 2.57 bits per heavy atom. The minimum absolute atomic E-state index is 0.386. The van der Waals surface area contributed by atoms with Crippen LogP contribution in [-0.2, 0) is 27.2 Å². The highest BCUT2D eigenvalue weighted by Gasteiger charge is 2.28. The number of nitrogens with two attached hydrogens (primary N) is 1. The van der Waals surface area contributed by atoms with Gasteiger partial charge in [-0.05, 0) is 50.8 Å². The fourth-order valence-electron chi connectivity index (χ4n) is 3.04. The van der Waals surface area contributed by atoms with E-state index in [1.54, 1.807) is 6.92 Å². The first-order chi connectivity index (χ1) is 13.4. The molecule has 0 radical (unpaired) electrons. The van der Waals surface area contributed by atoms with Crippen molar-refractivity contribution in [1.29, 1.82) is 0 Å². The third kappa shape index (κ3) is 4.56. The number of amides is 2. The molecule has 0 saturated carbocycles. The van der Waals surface area contributed by atoms with Crippen LogP contribution in [0.1, 0.15) is 41.1 Å². The monoisotopic (exact) mass is 418 g/mol. The van der Waals surface area contributed by atoms with Gasteiger partial charge < -0.3 is 15.8 Å². The van der Waals surface area contributed by atoms with Crippen molar-refractivity contribution in [2.45, 2.75) is 49.4 Å². The van der Waals surface area contributed by atoms with E-state index in [1.807, 2.05) is 30.3 Å². The van der Waals surface area contributed by atoms with Crippen molar-refractivity contribution in [2.24, 2.45) is 5.73 Å². The number of hydrogen-bond acceptors (Lipinski definition) is 6. The van der Waals surface area contributed by atoms with E-state index >= 15 is 0 Å². The van der Waals surface area contributed by atoms with Crippen LogP contribution in [0, 0.1) is 0 Å². The first-order valence-electron chi connectivity index (χ1n) is 9.04. The molecular formula is C20H22N2O4S2. The Hall–Kier alpha value is -2.32. The van der Waals surface area contributed by atoms with Gasteiger partial charge in [0.25, 0.3) is 11.8 Å². The molecule has 28 heavy (non-hydrogen) atoms. The zero-order chi connectivity index (χ0) is 20.3. The van der Waals surface area contributed by atoms with Crippen molar-refractivity contribution in [2.75, 3.05) is 5.32 Å². The summed E-state index contributed by atoms with van der Waals surface area (Å²) < 4.78 is 5.31. The predicted octanol–water partition coefficient (Wildman–Crippen LogP) is 3.39. The highest BCUT2D eigenvalue weighted by Crippen LogP contribution is 2.38. The molecule has 1 aromatic carbocycles. The summed E-state index contributed by atoms with van der Waals surface area (Å²) in [5.41, 5.74) is 6.83. The summed E-state index contributed by atoms with van der Waals surface area (Å²) in [7, 11) is 0. The normalized spacial score (nSPS) is 14.8. The summed E-state index contributed by atoms with van der Waals surface area (Å²) in [6, 6.07) is 9.51. The molecule has 1 aliphatic rings. The number of carbonyl (C=O) groups excluding carboxylic acids is 3. The number of hydrogen-bond donors (Lipinski definition) is 2. The van der Waals surface area contributed by atoms with Gasteiger partial charge in [0.1, 0.15) is 10.3 Å². The van der Waals surface area contributed by atoms with Crippen LogP contribution in [0.5, 0.6) is 0 Å². The second-order valence-electron chi connectivity index (χ2n) is 6.57. The molecule has 2 amide bonds. The third-order valence-electron chi connectivity index (χ3n) is 4.45. The van der Waals surface area contributed by atoms with Crippen LogP contribution in [0.4, 0.5) is 5.00 Å². The summed E-state index contributed by atoms with van der Waals surface area (Å²) in [6.07, 6.45) is 1.68. The van der Waals surface area contributed by atoms with Gasteiger partial charge in [-0.2, -0.15) is 0 Å². The van der Waals surface area contributed by atoms with Gasteiger partial charge in [0.2, 0.25) is 0 Å². The molecule has 2 atom stereocenters. The molecule has 8 heteroatoms. The van der Waals surface area contributed by atoms with Crippen molar-refractivity contribution in [3.8, 4) is 0 Å². The molecule has 1 aromatic heterocycles. The van der Waals surface area contributed by atoms with Crippen LogP contribution >= 0.6 is 23.1 Å². The highest BCUT2D eigenvalue weighted by molar-refractivity contribution is 8.00. The Kier molecular flexibility index (Phi) is 6.41. The van der Waals surface area contributed by atoms with Crippen LogP contribution < -0.4 is 11.1 Å². The summed E-state index contributed by atoms with van der Waals surface area (Å²) in [5, 5.41) is 2.70. The summed E-state index contributed by atoms with van der Waals surface area (Å²) in [4.78, 5) is 38.7. The van der Waals surface area contributed by atoms with E-state index < -0.39 is 29.1 Å². The molecule has 2 aromatic rings. The number of benzene rings is 1. The van der Waals surface area contributed by atoms with E-state index in [9.17, 15) is 14.4 Å². The van der Waals surface area contributed by atoms with Crippen molar-refractivity contribution < 1.29 is 19.1 Å². The smallest absolute Gasteiger partial charge is 0.319 e. The van der Waals surface area contributed by atoms with Crippen molar-refractivity contribution in [1.82, 2.24) is 0 Å². The van der Waals surface area contributed by atoms with E-state index in [4.69, 9.17) is 10.5 Å². The number of thiophene rings is 1. The zero-order valence-corrected chi connectivity index (χ0v) is 17.3. The fraction of sp³-hybridized carbons (Fsp3) is 0.350. The molecule has 1 heterocycles. The average Bonchev–Trinajstić information content (AvgIpc) is 3.22. The van der Waals surface area contributed by atoms with Crippen LogP contribution in [-0.4, -0.2) is 29.1 Å². The average molecular weight is 419 g/mol. The van der Waals surface area contributed by atoms with Gasteiger partial charge in [-0.3, -0.25) is 14.4 Å². The minimum Gasteiger partial charge on any atom is -0.452 e. The van der Waals surface area contributed by atoms with Crippen molar-refractivity contribution >= 4 is 45.9 Å². The summed E-state index contributed by atoms with van der Waals surface area (Å²) in [5.74, 6) is -1.50. The van der Waals surface area contributed by atoms with Gasteiger partial charge in [-0.1, -0.05) is 18.2 Å². The molecule has 0 unspecified atom stereocenters. The van der Waals surface area contributed by atoms with Crippen LogP contribution in [0.25, 0.3) is 0 Å². The van der Waals surface area contributed by atoms with E-state index in [2.05, 4.69) is 5.32 Å². The Morgan fingerprint density at radius 1 is 1.18 bits per heavy atom. The van der Waals surface area contributed by atoms with Gasteiger partial charge in [0, 0.05) is 9.77 Å². The lowest BCUT2D eigenvalue weighted by Crippen LogP contribution is -2.32. The van der Waals surface area contributed by atoms with E-state index in [-0.39, 0.29) is 0 Å². The maximum atomic E-state index is 12.5. The minimum atomic E-state index is -0.982. The molecule has 0 bridgehead atoms. The Labute approximate surface area is 171 Å². The van der Waals surface area contributed by atoms with Crippen LogP contribution in [0.15, 0.2) is 35.2 Å². The lowest BCUT2D eigenvalue weighted by molar-refractivity contribution is -0.152. The van der Waals surface area contributed by atoms with Gasteiger partial charge in [0.15, 0.2) is 6.10 Å². The van der Waals surface area contributed by atoms with Crippen molar-refractivity contribution in [3.63, 3.8) is 0 Å². The first-order valence-corrected chi connectivity index (χ1v) is 10.7. The molecule has 0 saturated heterocycles. The third-order valence-corrected chi connectivity index (χ3v) is 6.75. The number of ether oxygens (including phenoxy) is 1. The molecule has 0 aliphatic heterocycles. The lowest BCUT2D eigenvalue weighted by Gasteiger charge is -2.16. The van der Waals surface area contributed by atoms with E-state index in [1.165, 1.54) is 30.0 Å². The maximum Gasteiger partial charge on any atom is 0.319 e. The standard InChI is InChI=1S/C20H22N2O4S2/c1-11(26-20(25)12(2)27-13-7-4-3-5-8-13)18(24)22-19-16(17(21)23)14-9-6-10-15(14)28-19/h3-5,7-8,11-12H,6,9-10H2,1-2H3,(H2,21,23)(H,22,24)/t11-,12-/m1/s1. The second-order valence-corrected chi connectivity index (χ2v) is 9.09. The molecule has 6 nitrogen and oxygen atoms in total. The van der Waals surface area contributed by atoms with Gasteiger partial charge in [0.05, 0.1) is 5.56 Å². The molecule has 0 spiro atoms.